The SMILES string of the molecule is C=C(C)[C@@H]1CCC2(C(=O)OC)CC[C@]3(C)C(CCC4[C@@]5(C)CC(=Cc6ccc(Br)cc6)C(=O)C(C)(C)C5CC[C@]43C)C12. The maximum Gasteiger partial charge on any atom is 0.312 e. The van der Waals surface area contributed by atoms with E-state index in [0.29, 0.717) is 35.4 Å². The second-order valence-corrected chi connectivity index (χ2v) is 17.2. The van der Waals surface area contributed by atoms with Crippen LogP contribution < -0.4 is 0 Å². The van der Waals surface area contributed by atoms with Crippen molar-refractivity contribution in [3.05, 3.63) is 52.0 Å². The number of Topliss-reactive ketones (excluding diaryl/α,β-unsaturated/α-hetero) is 1. The molecule has 1 aromatic carbocycles. The Balaban J connectivity index is 1.41. The van der Waals surface area contributed by atoms with Crippen molar-refractivity contribution in [2.45, 2.75) is 99.3 Å². The molecule has 1 aromatic rings. The number of carbonyl (C=O) groups is 2. The van der Waals surface area contributed by atoms with Crippen LogP contribution in [0.25, 0.3) is 6.08 Å². The molecule has 3 nitrogen and oxygen atoms in total. The summed E-state index contributed by atoms with van der Waals surface area (Å²) in [5.74, 6) is 2.50. The van der Waals surface area contributed by atoms with E-state index in [1.807, 2.05) is 0 Å². The highest BCUT2D eigenvalue weighted by Gasteiger charge is 2.72. The van der Waals surface area contributed by atoms with Crippen LogP contribution in [-0.2, 0) is 14.3 Å². The number of rotatable bonds is 3. The van der Waals surface area contributed by atoms with Gasteiger partial charge in [-0.2, -0.15) is 0 Å². The minimum absolute atomic E-state index is 0.0245. The first-order valence-electron chi connectivity index (χ1n) is 16.4. The van der Waals surface area contributed by atoms with Crippen LogP contribution in [0.2, 0.25) is 0 Å². The summed E-state index contributed by atoms with van der Waals surface area (Å²) in [5, 5.41) is 0. The third kappa shape index (κ3) is 3.94. The van der Waals surface area contributed by atoms with Gasteiger partial charge in [0, 0.05) is 9.89 Å². The first-order valence-corrected chi connectivity index (χ1v) is 17.2. The van der Waals surface area contributed by atoms with Crippen LogP contribution in [0, 0.1) is 56.7 Å². The molecule has 5 aliphatic rings. The molecule has 0 amide bonds. The van der Waals surface area contributed by atoms with E-state index in [-0.39, 0.29) is 33.0 Å². The summed E-state index contributed by atoms with van der Waals surface area (Å²) in [5.41, 5.74) is 2.98. The zero-order chi connectivity index (χ0) is 30.5. The van der Waals surface area contributed by atoms with Gasteiger partial charge in [-0.15, -0.1) is 0 Å². The van der Waals surface area contributed by atoms with Gasteiger partial charge < -0.3 is 4.74 Å². The Labute approximate surface area is 262 Å². The number of ether oxygens (including phenoxy) is 1. The molecule has 9 atom stereocenters. The van der Waals surface area contributed by atoms with Crippen molar-refractivity contribution >= 4 is 33.8 Å². The molecule has 5 fully saturated rings. The maximum absolute atomic E-state index is 14.1. The van der Waals surface area contributed by atoms with Crippen LogP contribution in [0.15, 0.2) is 46.5 Å². The standard InChI is InChI=1S/C38H51BrO3/c1-23(2)27-15-18-38(33(41)42-8)20-19-36(6)28(31(27)38)13-14-30-35(5)22-25(21-24-9-11-26(39)12-10-24)32(40)34(3,4)29(35)16-17-37(30,36)7/h9-12,21,27-31H,1,13-20,22H2,2-8H3/t27-,28?,29?,30?,31?,35-,36+,37+,38?/m0/s1. The summed E-state index contributed by atoms with van der Waals surface area (Å²) in [6.45, 7) is 18.8. The van der Waals surface area contributed by atoms with E-state index in [1.165, 1.54) is 18.4 Å². The van der Waals surface area contributed by atoms with Gasteiger partial charge >= 0.3 is 5.97 Å². The molecule has 0 radical (unpaired) electrons. The first kappa shape index (κ1) is 30.4. The smallest absolute Gasteiger partial charge is 0.312 e. The molecule has 0 bridgehead atoms. The zero-order valence-corrected chi connectivity index (χ0v) is 28.5. The van der Waals surface area contributed by atoms with Crippen molar-refractivity contribution in [2.24, 2.45) is 56.7 Å². The molecular weight excluding hydrogens is 584 g/mol. The number of hydrogen-bond acceptors (Lipinski definition) is 3. The van der Waals surface area contributed by atoms with Gasteiger partial charge in [0.1, 0.15) is 0 Å². The van der Waals surface area contributed by atoms with E-state index in [1.54, 1.807) is 7.11 Å². The molecule has 0 aliphatic heterocycles. The lowest BCUT2D eigenvalue weighted by Crippen LogP contribution is -2.67. The van der Waals surface area contributed by atoms with Gasteiger partial charge in [0.15, 0.2) is 5.78 Å². The number of fused-ring (bicyclic) bond motifs is 7. The number of carbonyl (C=O) groups excluding carboxylic acids is 2. The molecule has 5 unspecified atom stereocenters. The van der Waals surface area contributed by atoms with Gasteiger partial charge in [0.25, 0.3) is 0 Å². The molecular formula is C38H51BrO3. The fourth-order valence-electron chi connectivity index (χ4n) is 12.4. The van der Waals surface area contributed by atoms with Gasteiger partial charge in [-0.05, 0) is 140 Å². The maximum atomic E-state index is 14.1. The molecule has 5 aliphatic carbocycles. The minimum Gasteiger partial charge on any atom is -0.469 e. The molecule has 228 valence electrons. The van der Waals surface area contributed by atoms with Crippen LogP contribution in [0.4, 0.5) is 0 Å². The number of esters is 1. The van der Waals surface area contributed by atoms with Crippen LogP contribution in [0.1, 0.15) is 105 Å². The summed E-state index contributed by atoms with van der Waals surface area (Å²) in [7, 11) is 1.59. The summed E-state index contributed by atoms with van der Waals surface area (Å²) >= 11 is 3.56. The van der Waals surface area contributed by atoms with E-state index in [2.05, 4.69) is 94.4 Å². The number of hydrogen-bond donors (Lipinski definition) is 0. The average Bonchev–Trinajstić information content (AvgIpc) is 3.34. The molecule has 0 saturated heterocycles. The third-order valence-corrected chi connectivity index (χ3v) is 15.0. The lowest BCUT2D eigenvalue weighted by Gasteiger charge is -2.72. The van der Waals surface area contributed by atoms with E-state index >= 15 is 0 Å². The molecule has 0 N–H and O–H groups in total. The van der Waals surface area contributed by atoms with Gasteiger partial charge in [-0.1, -0.05) is 74.8 Å². The molecule has 42 heavy (non-hydrogen) atoms. The fourth-order valence-corrected chi connectivity index (χ4v) is 12.7. The highest BCUT2D eigenvalue weighted by Crippen LogP contribution is 2.77. The molecule has 0 spiro atoms. The van der Waals surface area contributed by atoms with Crippen LogP contribution in [0.5, 0.6) is 0 Å². The summed E-state index contributed by atoms with van der Waals surface area (Å²) < 4.78 is 6.60. The number of benzene rings is 1. The van der Waals surface area contributed by atoms with Gasteiger partial charge in [-0.3, -0.25) is 9.59 Å². The Morgan fingerprint density at radius 3 is 2.26 bits per heavy atom. The zero-order valence-electron chi connectivity index (χ0n) is 26.9. The van der Waals surface area contributed by atoms with Crippen molar-refractivity contribution < 1.29 is 14.3 Å². The normalized spacial score (nSPS) is 44.9. The van der Waals surface area contributed by atoms with Crippen LogP contribution >= 0.6 is 15.9 Å². The van der Waals surface area contributed by atoms with Crippen molar-refractivity contribution in [3.63, 3.8) is 0 Å². The Kier molecular flexibility index (Phi) is 7.16. The summed E-state index contributed by atoms with van der Waals surface area (Å²) in [4.78, 5) is 27.6. The molecule has 4 heteroatoms. The van der Waals surface area contributed by atoms with E-state index in [0.717, 1.165) is 60.6 Å². The third-order valence-electron chi connectivity index (χ3n) is 14.5. The lowest BCUT2D eigenvalue weighted by atomic mass is 9.32. The summed E-state index contributed by atoms with van der Waals surface area (Å²) in [6, 6.07) is 8.35. The molecule has 0 aromatic heterocycles. The fraction of sp³-hybridized carbons (Fsp3) is 0.684. The second-order valence-electron chi connectivity index (χ2n) is 16.3. The highest BCUT2D eigenvalue weighted by molar-refractivity contribution is 9.10. The second kappa shape index (κ2) is 9.91. The van der Waals surface area contributed by atoms with Crippen LogP contribution in [0.3, 0.4) is 0 Å². The Morgan fingerprint density at radius 1 is 0.929 bits per heavy atom. The number of methoxy groups -OCH3 is 1. The predicted molar refractivity (Wildman–Crippen MR) is 173 cm³/mol. The van der Waals surface area contributed by atoms with Crippen molar-refractivity contribution in [3.8, 4) is 0 Å². The number of allylic oxidation sites excluding steroid dienone is 2. The van der Waals surface area contributed by atoms with Crippen molar-refractivity contribution in [1.29, 1.82) is 0 Å². The average molecular weight is 636 g/mol. The minimum atomic E-state index is -0.379. The highest BCUT2D eigenvalue weighted by atomic mass is 79.9. The molecule has 0 heterocycles. The van der Waals surface area contributed by atoms with E-state index in [9.17, 15) is 9.59 Å². The predicted octanol–water partition coefficient (Wildman–Crippen LogP) is 9.84. The van der Waals surface area contributed by atoms with Crippen LogP contribution in [-0.4, -0.2) is 18.9 Å². The Bertz CT molecular complexity index is 1340. The topological polar surface area (TPSA) is 43.4 Å². The lowest BCUT2D eigenvalue weighted by molar-refractivity contribution is -0.232. The van der Waals surface area contributed by atoms with Crippen molar-refractivity contribution in [2.75, 3.05) is 7.11 Å². The quantitative estimate of drug-likeness (QED) is 0.189. The van der Waals surface area contributed by atoms with E-state index < -0.39 is 0 Å². The number of halogens is 1. The van der Waals surface area contributed by atoms with Gasteiger partial charge in [0.05, 0.1) is 12.5 Å². The first-order chi connectivity index (χ1) is 19.7. The molecule has 5 saturated carbocycles. The summed E-state index contributed by atoms with van der Waals surface area (Å²) in [6.07, 6.45) is 11.7. The van der Waals surface area contributed by atoms with Gasteiger partial charge in [-0.25, -0.2) is 0 Å². The van der Waals surface area contributed by atoms with Crippen molar-refractivity contribution in [1.82, 2.24) is 0 Å². The monoisotopic (exact) mass is 634 g/mol. The number of ketones is 1. The molecule has 6 rings (SSSR count). The van der Waals surface area contributed by atoms with E-state index in [4.69, 9.17) is 4.74 Å². The largest absolute Gasteiger partial charge is 0.469 e. The Hall–Kier alpha value is -1.68. The Morgan fingerprint density at radius 2 is 1.62 bits per heavy atom. The van der Waals surface area contributed by atoms with Gasteiger partial charge in [0.2, 0.25) is 0 Å².